The van der Waals surface area contributed by atoms with Gasteiger partial charge in [-0.1, -0.05) is 0 Å². The summed E-state index contributed by atoms with van der Waals surface area (Å²) in [5.41, 5.74) is 7.05. The van der Waals surface area contributed by atoms with Crippen molar-refractivity contribution in [2.45, 2.75) is 26.6 Å². The Morgan fingerprint density at radius 2 is 2.00 bits per heavy atom. The molecular weight excluding hydrogens is 407 g/mol. The number of nitriles is 1. The minimum atomic E-state index is -4.49. The molecule has 0 fully saturated rings. The highest BCUT2D eigenvalue weighted by Crippen LogP contribution is 2.28. The average Bonchev–Trinajstić information content (AvgIpc) is 2.73. The molecule has 2 N–H and O–H groups in total. The predicted molar refractivity (Wildman–Crippen MR) is 110 cm³/mol. The van der Waals surface area contributed by atoms with E-state index in [2.05, 4.69) is 16.0 Å². The van der Waals surface area contributed by atoms with E-state index in [0.717, 1.165) is 23.2 Å². The van der Waals surface area contributed by atoms with Crippen LogP contribution in [0.2, 0.25) is 0 Å². The Balaban J connectivity index is 1.91. The van der Waals surface area contributed by atoms with E-state index >= 15 is 0 Å². The highest BCUT2D eigenvalue weighted by atomic mass is 19.4. The number of nitrogen functional groups attached to an aromatic ring is 1. The fourth-order valence-corrected chi connectivity index (χ4v) is 3.08. The second-order valence-electron chi connectivity index (χ2n) is 7.35. The van der Waals surface area contributed by atoms with Crippen LogP contribution in [0, 0.1) is 24.2 Å². The number of fused-ring (bicyclic) bond motifs is 1. The molecule has 0 saturated heterocycles. The van der Waals surface area contributed by atoms with Crippen molar-refractivity contribution < 1.29 is 18.0 Å². The van der Waals surface area contributed by atoms with E-state index in [1.807, 2.05) is 13.0 Å². The molecule has 2 aromatic heterocycles. The van der Waals surface area contributed by atoms with Crippen LogP contribution < -0.4 is 5.73 Å². The quantitative estimate of drug-likeness (QED) is 0.653. The lowest BCUT2D eigenvalue weighted by atomic mass is 10.1. The summed E-state index contributed by atoms with van der Waals surface area (Å²) in [6.45, 7) is 3.56. The molecule has 0 aliphatic carbocycles. The van der Waals surface area contributed by atoms with Gasteiger partial charge in [0.15, 0.2) is 0 Å². The van der Waals surface area contributed by atoms with Gasteiger partial charge in [0, 0.05) is 23.7 Å². The number of aromatic nitrogens is 2. The number of nitrogens with two attached hydrogens (primary N) is 1. The smallest absolute Gasteiger partial charge is 0.383 e. The van der Waals surface area contributed by atoms with Gasteiger partial charge in [-0.15, -0.1) is 0 Å². The first-order valence-corrected chi connectivity index (χ1v) is 9.46. The third-order valence-electron chi connectivity index (χ3n) is 4.80. The molecule has 31 heavy (non-hydrogen) atoms. The SMILES string of the molecule is Cc1cc2cc(C(=O)N(Cc3ccc(C(F)(F)F)cn3)CC(C)C#N)ccc2nc1N. The Morgan fingerprint density at radius 1 is 1.26 bits per heavy atom. The monoisotopic (exact) mass is 427 g/mol. The summed E-state index contributed by atoms with van der Waals surface area (Å²) >= 11 is 0. The molecule has 9 heteroatoms. The molecule has 0 saturated carbocycles. The number of amides is 1. The summed E-state index contributed by atoms with van der Waals surface area (Å²) in [7, 11) is 0. The van der Waals surface area contributed by atoms with Gasteiger partial charge in [0.05, 0.1) is 35.3 Å². The van der Waals surface area contributed by atoms with Crippen LogP contribution in [0.15, 0.2) is 42.6 Å². The van der Waals surface area contributed by atoms with E-state index in [0.29, 0.717) is 16.9 Å². The van der Waals surface area contributed by atoms with Gasteiger partial charge in [-0.05, 0) is 55.8 Å². The van der Waals surface area contributed by atoms with E-state index in [4.69, 9.17) is 5.73 Å². The van der Waals surface area contributed by atoms with Crippen LogP contribution in [0.1, 0.15) is 34.1 Å². The van der Waals surface area contributed by atoms with Crippen LogP contribution in [0.3, 0.4) is 0 Å². The van der Waals surface area contributed by atoms with Crippen molar-refractivity contribution in [1.82, 2.24) is 14.9 Å². The second-order valence-corrected chi connectivity index (χ2v) is 7.35. The lowest BCUT2D eigenvalue weighted by Gasteiger charge is -2.24. The van der Waals surface area contributed by atoms with E-state index in [1.54, 1.807) is 25.1 Å². The fraction of sp³-hybridized carbons (Fsp3) is 0.273. The number of rotatable bonds is 5. The molecule has 0 bridgehead atoms. The summed E-state index contributed by atoms with van der Waals surface area (Å²) in [4.78, 5) is 22.7. The van der Waals surface area contributed by atoms with Crippen LogP contribution in [0.4, 0.5) is 19.0 Å². The molecule has 0 radical (unpaired) electrons. The molecule has 160 valence electrons. The molecule has 6 nitrogen and oxygen atoms in total. The highest BCUT2D eigenvalue weighted by molar-refractivity contribution is 5.98. The van der Waals surface area contributed by atoms with Crippen LogP contribution in [-0.4, -0.2) is 27.3 Å². The standard InChI is InChI=1S/C22H20F3N5O/c1-13(9-26)11-30(12-18-5-4-17(10-28-18)22(23,24)25)21(31)15-3-6-19-16(8-15)7-14(2)20(27)29-19/h3-8,10,13H,11-12H2,1-2H3,(H2,27,29). The van der Waals surface area contributed by atoms with Crippen LogP contribution in [0.5, 0.6) is 0 Å². The van der Waals surface area contributed by atoms with Crippen molar-refractivity contribution in [2.75, 3.05) is 12.3 Å². The first-order chi connectivity index (χ1) is 14.6. The number of hydrogen-bond acceptors (Lipinski definition) is 5. The molecule has 2 heterocycles. The van der Waals surface area contributed by atoms with Crippen LogP contribution in [-0.2, 0) is 12.7 Å². The van der Waals surface area contributed by atoms with Gasteiger partial charge in [0.2, 0.25) is 0 Å². The van der Waals surface area contributed by atoms with E-state index in [9.17, 15) is 23.2 Å². The van der Waals surface area contributed by atoms with E-state index < -0.39 is 17.7 Å². The van der Waals surface area contributed by atoms with Gasteiger partial charge in [-0.25, -0.2) is 4.98 Å². The van der Waals surface area contributed by atoms with Crippen molar-refractivity contribution in [3.63, 3.8) is 0 Å². The number of halogens is 3. The molecule has 3 rings (SSSR count). The number of alkyl halides is 3. The molecule has 0 spiro atoms. The fourth-order valence-electron chi connectivity index (χ4n) is 3.08. The molecule has 1 unspecified atom stereocenters. The average molecular weight is 427 g/mol. The Bertz CT molecular complexity index is 1150. The van der Waals surface area contributed by atoms with Crippen molar-refractivity contribution in [1.29, 1.82) is 5.26 Å². The number of hydrogen-bond donors (Lipinski definition) is 1. The van der Waals surface area contributed by atoms with E-state index in [-0.39, 0.29) is 24.7 Å². The largest absolute Gasteiger partial charge is 0.417 e. The topological polar surface area (TPSA) is 95.9 Å². The number of carbonyl (C=O) groups excluding carboxylic acids is 1. The first kappa shape index (κ1) is 22.0. The van der Waals surface area contributed by atoms with Gasteiger partial charge in [0.25, 0.3) is 5.91 Å². The molecule has 3 aromatic rings. The maximum atomic E-state index is 13.2. The highest BCUT2D eigenvalue weighted by Gasteiger charge is 2.30. The zero-order valence-electron chi connectivity index (χ0n) is 16.9. The maximum Gasteiger partial charge on any atom is 0.417 e. The zero-order valence-corrected chi connectivity index (χ0v) is 16.9. The minimum absolute atomic E-state index is 0.0277. The van der Waals surface area contributed by atoms with Gasteiger partial charge < -0.3 is 10.6 Å². The Labute approximate surface area is 177 Å². The Morgan fingerprint density at radius 3 is 2.61 bits per heavy atom. The first-order valence-electron chi connectivity index (χ1n) is 9.46. The lowest BCUT2D eigenvalue weighted by Crippen LogP contribution is -2.34. The number of pyridine rings is 2. The molecular formula is C22H20F3N5O. The summed E-state index contributed by atoms with van der Waals surface area (Å²) in [6.07, 6.45) is -3.75. The summed E-state index contributed by atoms with van der Waals surface area (Å²) in [6, 6.07) is 11.0. The number of carbonyl (C=O) groups is 1. The predicted octanol–water partition coefficient (Wildman–Crippen LogP) is 4.34. The minimum Gasteiger partial charge on any atom is -0.383 e. The van der Waals surface area contributed by atoms with Gasteiger partial charge in [0.1, 0.15) is 5.82 Å². The molecule has 1 atom stereocenters. The Hall–Kier alpha value is -3.67. The molecule has 1 amide bonds. The Kier molecular flexibility index (Phi) is 6.11. The number of anilines is 1. The van der Waals surface area contributed by atoms with Crippen LogP contribution in [0.25, 0.3) is 10.9 Å². The second kappa shape index (κ2) is 8.60. The van der Waals surface area contributed by atoms with Crippen molar-refractivity contribution in [3.8, 4) is 6.07 Å². The number of benzene rings is 1. The summed E-state index contributed by atoms with van der Waals surface area (Å²) < 4.78 is 38.3. The third kappa shape index (κ3) is 5.09. The van der Waals surface area contributed by atoms with Crippen molar-refractivity contribution in [3.05, 3.63) is 65.0 Å². The van der Waals surface area contributed by atoms with Gasteiger partial charge in [-0.2, -0.15) is 18.4 Å². The lowest BCUT2D eigenvalue weighted by molar-refractivity contribution is -0.137. The summed E-state index contributed by atoms with van der Waals surface area (Å²) in [5, 5.41) is 9.91. The summed E-state index contributed by atoms with van der Waals surface area (Å²) in [5.74, 6) is -0.424. The van der Waals surface area contributed by atoms with Gasteiger partial charge >= 0.3 is 6.18 Å². The van der Waals surface area contributed by atoms with E-state index in [1.165, 1.54) is 11.0 Å². The zero-order chi connectivity index (χ0) is 22.8. The number of aryl methyl sites for hydroxylation is 1. The molecule has 1 aromatic carbocycles. The van der Waals surface area contributed by atoms with Crippen molar-refractivity contribution in [2.24, 2.45) is 5.92 Å². The number of nitrogens with zero attached hydrogens (tertiary/aromatic N) is 4. The van der Waals surface area contributed by atoms with Crippen molar-refractivity contribution >= 4 is 22.6 Å². The van der Waals surface area contributed by atoms with Gasteiger partial charge in [-0.3, -0.25) is 9.78 Å². The molecule has 0 aliphatic rings. The molecule has 0 aliphatic heterocycles. The van der Waals surface area contributed by atoms with Crippen LogP contribution >= 0.6 is 0 Å². The normalized spacial score (nSPS) is 12.4. The maximum absolute atomic E-state index is 13.2. The third-order valence-corrected chi connectivity index (χ3v) is 4.80.